The number of piperazine rings is 2. The SMILES string of the molecule is NC(=O)C1CCN(C=O)CC1.O=CCCCc1c[nH]c2ccccc12.O=CN1CCC2(CC1)C(=O)NCN2c1ccccc1.O=CN1CCN(c2cc(Cl)cc(Cl)c2)CC1.O=CN1CCN(c2cccc(Cl)c2Cl)CC1.O=CNCCC1CCCCC1.O=CNCCc1c[nH]c2ccccc12. The molecule has 7 aromatic rings. The Labute approximate surface area is 611 Å². The number of nitrogens with two attached hydrogens (primary N) is 1. The fourth-order valence-electron chi connectivity index (χ4n) is 13.1. The Kier molecular flexibility index (Phi) is 33.9. The van der Waals surface area contributed by atoms with Crippen LogP contribution in [-0.4, -0.2) is 190 Å². The van der Waals surface area contributed by atoms with Gasteiger partial charge >= 0.3 is 0 Å². The summed E-state index contributed by atoms with van der Waals surface area (Å²) in [6, 6.07) is 37.5. The lowest BCUT2D eigenvalue weighted by atomic mass is 9.86. The Bertz CT molecular complexity index is 3590. The molecule has 6 aliphatic rings. The van der Waals surface area contributed by atoms with Crippen LogP contribution in [0, 0.1) is 11.8 Å². The van der Waals surface area contributed by atoms with Crippen LogP contribution in [0.2, 0.25) is 20.1 Å². The molecule has 26 heteroatoms. The summed E-state index contributed by atoms with van der Waals surface area (Å²) in [6.07, 6.45) is 24.4. The Morgan fingerprint density at radius 3 is 1.60 bits per heavy atom. The number of anilines is 3. The number of primary amides is 1. The first-order valence-electron chi connectivity index (χ1n) is 34.6. The Morgan fingerprint density at radius 1 is 0.545 bits per heavy atom. The third-order valence-electron chi connectivity index (χ3n) is 18.9. The van der Waals surface area contributed by atoms with E-state index in [0.29, 0.717) is 91.6 Å². The van der Waals surface area contributed by atoms with Crippen LogP contribution in [0.3, 0.4) is 0 Å². The number of carbonyl (C=O) groups excluding carboxylic acids is 9. The lowest BCUT2D eigenvalue weighted by Crippen LogP contribution is -2.56. The van der Waals surface area contributed by atoms with Crippen LogP contribution in [0.5, 0.6) is 0 Å². The number of aromatic nitrogens is 2. The quantitative estimate of drug-likeness (QED) is 0.0307. The van der Waals surface area contributed by atoms with Gasteiger partial charge in [0.2, 0.25) is 50.3 Å². The zero-order valence-corrected chi connectivity index (χ0v) is 60.2. The monoisotopic (exact) mass is 1460 g/mol. The van der Waals surface area contributed by atoms with E-state index in [2.05, 4.69) is 58.8 Å². The van der Waals surface area contributed by atoms with E-state index in [9.17, 15) is 43.2 Å². The fraction of sp³-hybridized carbons (Fsp3) is 0.427. The van der Waals surface area contributed by atoms with E-state index in [1.807, 2.05) is 97.3 Å². The second kappa shape index (κ2) is 43.1. The van der Waals surface area contributed by atoms with Crippen LogP contribution in [0.25, 0.3) is 21.8 Å². The van der Waals surface area contributed by atoms with Crippen molar-refractivity contribution < 1.29 is 43.2 Å². The third kappa shape index (κ3) is 24.7. The maximum Gasteiger partial charge on any atom is 0.247 e. The third-order valence-corrected chi connectivity index (χ3v) is 20.2. The molecule has 1 spiro atoms. The van der Waals surface area contributed by atoms with E-state index >= 15 is 0 Å². The molecule has 5 aliphatic heterocycles. The molecule has 0 bridgehead atoms. The first-order valence-corrected chi connectivity index (χ1v) is 36.1. The zero-order chi connectivity index (χ0) is 72.2. The van der Waals surface area contributed by atoms with E-state index in [0.717, 1.165) is 151 Å². The van der Waals surface area contributed by atoms with Crippen LogP contribution < -0.4 is 36.4 Å². The minimum Gasteiger partial charge on any atom is -0.369 e. The van der Waals surface area contributed by atoms with Crippen molar-refractivity contribution in [2.24, 2.45) is 17.6 Å². The molecule has 22 nitrogen and oxygen atoms in total. The standard InChI is InChI=1S/C14H17N3O2.C12H13NO.2C11H12Cl2N2O.C11H12N2O.C9H17NO.C7H12N2O2/c18-11-16-8-6-14(7-9-16)13(19)15-10-17(14)12-4-2-1-3-5-12;14-8-4-3-5-10-9-13-12-7-2-1-6-11(10)12;12-9-5-10(13)7-11(6-9)15-3-1-14(8-16)2-4-15;12-9-2-1-3-10(11(9)13)15-6-4-14(8-16)5-7-15;14-8-12-6-5-9-7-13-11-4-2-1-3-10(9)11;11-8-10-7-6-9-4-2-1-3-5-9;8-7(11)6-1-3-9(5-10)4-2-6/h1-5,11H,6-10H2,(H,15,19);1-2,6-9,13H,3-5H2;5-8H,1-4H2;1-3,8H,4-7H2;1-4,7-8,13H,5-6H2,(H,12,14);8-9H,1-7H2,(H,10,11);5-6H,1-4H2,(H2,8,11). The van der Waals surface area contributed by atoms with Gasteiger partial charge in [0, 0.05) is 160 Å². The van der Waals surface area contributed by atoms with E-state index < -0.39 is 5.54 Å². The van der Waals surface area contributed by atoms with Gasteiger partial charge in [0.25, 0.3) is 0 Å². The van der Waals surface area contributed by atoms with Crippen molar-refractivity contribution in [1.29, 1.82) is 0 Å². The molecule has 1 aliphatic carbocycles. The summed E-state index contributed by atoms with van der Waals surface area (Å²) in [5.74, 6) is 0.708. The van der Waals surface area contributed by atoms with Gasteiger partial charge in [0.15, 0.2) is 0 Å². The number of unbranched alkanes of at least 4 members (excludes halogenated alkanes) is 1. The van der Waals surface area contributed by atoms with Crippen molar-refractivity contribution >= 4 is 142 Å². The summed E-state index contributed by atoms with van der Waals surface area (Å²) in [5, 5.41) is 13.3. The first-order chi connectivity index (χ1) is 49.2. The molecular formula is C75H95Cl4N13O9. The van der Waals surface area contributed by atoms with E-state index in [4.69, 9.17) is 52.1 Å². The number of likely N-dealkylation sites (tertiary alicyclic amines) is 2. The van der Waals surface area contributed by atoms with Gasteiger partial charge in [-0.1, -0.05) is 139 Å². The van der Waals surface area contributed by atoms with Crippen molar-refractivity contribution in [3.63, 3.8) is 0 Å². The van der Waals surface area contributed by atoms with Gasteiger partial charge in [-0.25, -0.2) is 0 Å². The van der Waals surface area contributed by atoms with Crippen LogP contribution in [0.1, 0.15) is 88.2 Å². The summed E-state index contributed by atoms with van der Waals surface area (Å²) in [4.78, 5) is 115. The number of aldehydes is 1. The molecule has 0 radical (unpaired) electrons. The highest BCUT2D eigenvalue weighted by atomic mass is 35.5. The minimum atomic E-state index is -0.485. The molecule has 0 unspecified atom stereocenters. The average Bonchev–Trinajstić information content (AvgIpc) is 1.64. The van der Waals surface area contributed by atoms with Crippen molar-refractivity contribution in [1.82, 2.24) is 45.5 Å². The summed E-state index contributed by atoms with van der Waals surface area (Å²) in [6.45, 7) is 10.9. The summed E-state index contributed by atoms with van der Waals surface area (Å²) in [5.41, 5.74) is 12.5. The number of H-pyrrole nitrogens is 2. The molecule has 13 rings (SSSR count). The molecule has 0 atom stereocenters. The number of aromatic amines is 2. The topological polar surface area (TPSA) is 270 Å². The fourth-order valence-corrected chi connectivity index (χ4v) is 14.0. The number of nitrogens with one attached hydrogen (secondary N) is 5. The minimum absolute atomic E-state index is 0.0220. The number of amides is 8. The van der Waals surface area contributed by atoms with Gasteiger partial charge in [-0.3, -0.25) is 38.4 Å². The lowest BCUT2D eigenvalue weighted by Gasteiger charge is -2.42. The second-order valence-electron chi connectivity index (χ2n) is 25.3. The van der Waals surface area contributed by atoms with Gasteiger partial charge < -0.3 is 70.7 Å². The van der Waals surface area contributed by atoms with E-state index in [1.54, 1.807) is 31.7 Å². The van der Waals surface area contributed by atoms with E-state index in [1.165, 1.54) is 65.9 Å². The van der Waals surface area contributed by atoms with Crippen LogP contribution in [0.15, 0.2) is 128 Å². The van der Waals surface area contributed by atoms with Crippen LogP contribution >= 0.6 is 46.4 Å². The second-order valence-corrected chi connectivity index (χ2v) is 27.0. The van der Waals surface area contributed by atoms with Gasteiger partial charge in [0.05, 0.1) is 22.4 Å². The predicted octanol–water partition coefficient (Wildman–Crippen LogP) is 10.3. The normalized spacial score (nSPS) is 16.4. The Hall–Kier alpha value is -8.83. The van der Waals surface area contributed by atoms with Gasteiger partial charge in [0.1, 0.15) is 11.8 Å². The number of nitrogens with zero attached hydrogens (tertiary/aromatic N) is 7. The maximum absolute atomic E-state index is 12.3. The average molecular weight is 1460 g/mol. The summed E-state index contributed by atoms with van der Waals surface area (Å²) in [7, 11) is 0. The number of para-hydroxylation sites is 3. The highest BCUT2D eigenvalue weighted by Gasteiger charge is 2.50. The van der Waals surface area contributed by atoms with E-state index in [-0.39, 0.29) is 17.7 Å². The number of piperidine rings is 2. The Balaban J connectivity index is 0.000000167. The van der Waals surface area contributed by atoms with Crippen molar-refractivity contribution in [3.05, 3.63) is 159 Å². The highest BCUT2D eigenvalue weighted by Crippen LogP contribution is 2.37. The largest absolute Gasteiger partial charge is 0.369 e. The lowest BCUT2D eigenvalue weighted by molar-refractivity contribution is -0.128. The molecule has 7 N–H and O–H groups in total. The van der Waals surface area contributed by atoms with Crippen molar-refractivity contribution in [2.75, 3.05) is 113 Å². The molecule has 5 aromatic carbocycles. The predicted molar refractivity (Wildman–Crippen MR) is 402 cm³/mol. The molecule has 6 fully saturated rings. The van der Waals surface area contributed by atoms with Crippen LogP contribution in [0.4, 0.5) is 17.1 Å². The highest BCUT2D eigenvalue weighted by molar-refractivity contribution is 6.43. The van der Waals surface area contributed by atoms with Gasteiger partial charge in [-0.05, 0) is 123 Å². The van der Waals surface area contributed by atoms with Crippen LogP contribution in [-0.2, 0) is 56.0 Å². The first kappa shape index (κ1) is 79.5. The molecule has 8 amide bonds. The number of aryl methyl sites for hydroxylation is 1. The zero-order valence-electron chi connectivity index (χ0n) is 57.2. The van der Waals surface area contributed by atoms with Gasteiger partial charge in [-0.15, -0.1) is 0 Å². The number of carbonyl (C=O) groups is 9. The number of rotatable bonds is 20. The maximum atomic E-state index is 12.3. The smallest absolute Gasteiger partial charge is 0.247 e. The van der Waals surface area contributed by atoms with Crippen molar-refractivity contribution in [3.8, 4) is 0 Å². The molecule has 7 heterocycles. The number of hydrogen-bond acceptors (Lipinski definition) is 12. The molecule has 1 saturated carbocycles. The molecule has 101 heavy (non-hydrogen) atoms. The number of benzene rings is 5. The molecular weight excluding hydrogens is 1370 g/mol. The molecule has 5 saturated heterocycles. The summed E-state index contributed by atoms with van der Waals surface area (Å²) >= 11 is 24.0. The number of fused-ring (bicyclic) bond motifs is 2. The molecule has 542 valence electrons. The number of halogens is 4. The number of hydrogen-bond donors (Lipinski definition) is 6. The molecule has 2 aromatic heterocycles. The summed E-state index contributed by atoms with van der Waals surface area (Å²) < 4.78 is 0. The van der Waals surface area contributed by atoms with Crippen molar-refractivity contribution in [2.45, 2.75) is 95.4 Å². The Morgan fingerprint density at radius 2 is 1.06 bits per heavy atom. The van der Waals surface area contributed by atoms with Gasteiger partial charge in [-0.2, -0.15) is 0 Å².